The third-order valence-electron chi connectivity index (χ3n) is 3.82. The number of nitrogens with zero attached hydrogens (tertiary/aromatic N) is 1. The first-order chi connectivity index (χ1) is 8.04. The summed E-state index contributed by atoms with van der Waals surface area (Å²) in [5.41, 5.74) is 5.86. The minimum absolute atomic E-state index is 0.151. The smallest absolute Gasteiger partial charge is 0.222 e. The van der Waals surface area contributed by atoms with Crippen LogP contribution in [0, 0.1) is 5.92 Å². The Kier molecular flexibility index (Phi) is 5.92. The number of hydrogen-bond acceptors (Lipinski definition) is 3. The second kappa shape index (κ2) is 6.97. The molecule has 0 spiro atoms. The normalized spacial score (nSPS) is 26.6. The van der Waals surface area contributed by atoms with Gasteiger partial charge in [-0.2, -0.15) is 0 Å². The molecule has 0 bridgehead atoms. The maximum absolute atomic E-state index is 12.0. The van der Waals surface area contributed by atoms with Crippen LogP contribution in [0.2, 0.25) is 0 Å². The minimum Gasteiger partial charge on any atom is -0.383 e. The molecule has 0 aromatic heterocycles. The van der Waals surface area contributed by atoms with Gasteiger partial charge in [0.1, 0.15) is 0 Å². The van der Waals surface area contributed by atoms with Gasteiger partial charge in [0.05, 0.1) is 12.6 Å². The van der Waals surface area contributed by atoms with Crippen molar-refractivity contribution < 1.29 is 9.53 Å². The van der Waals surface area contributed by atoms with E-state index >= 15 is 0 Å². The number of carbonyl (C=O) groups is 1. The summed E-state index contributed by atoms with van der Waals surface area (Å²) < 4.78 is 5.07. The Morgan fingerprint density at radius 3 is 2.53 bits per heavy atom. The summed E-state index contributed by atoms with van der Waals surface area (Å²) in [6, 6.07) is 0.504. The summed E-state index contributed by atoms with van der Waals surface area (Å²) in [7, 11) is 3.53. The van der Waals surface area contributed by atoms with Crippen LogP contribution in [-0.2, 0) is 9.53 Å². The molecule has 4 heteroatoms. The third-order valence-corrected chi connectivity index (χ3v) is 3.82. The molecule has 17 heavy (non-hydrogen) atoms. The van der Waals surface area contributed by atoms with Gasteiger partial charge in [0.2, 0.25) is 5.91 Å². The van der Waals surface area contributed by atoms with E-state index < -0.39 is 0 Å². The fourth-order valence-corrected chi connectivity index (χ4v) is 2.38. The molecule has 2 N–H and O–H groups in total. The topological polar surface area (TPSA) is 55.6 Å². The molecule has 0 aromatic carbocycles. The van der Waals surface area contributed by atoms with E-state index in [2.05, 4.69) is 0 Å². The molecular weight excluding hydrogens is 216 g/mol. The van der Waals surface area contributed by atoms with Gasteiger partial charge in [-0.3, -0.25) is 4.79 Å². The molecule has 1 atom stereocenters. The molecule has 4 nitrogen and oxygen atoms in total. The SMILES string of the molecule is COCC(C)N(C)C(=O)CC1CCC(N)CC1. The highest BCUT2D eigenvalue weighted by atomic mass is 16.5. The Hall–Kier alpha value is -0.610. The van der Waals surface area contributed by atoms with Crippen molar-refractivity contribution in [2.45, 2.75) is 51.1 Å². The quantitative estimate of drug-likeness (QED) is 0.792. The van der Waals surface area contributed by atoms with Crippen LogP contribution in [-0.4, -0.2) is 43.7 Å². The third kappa shape index (κ3) is 4.64. The van der Waals surface area contributed by atoms with Crippen molar-refractivity contribution in [2.75, 3.05) is 20.8 Å². The zero-order valence-electron chi connectivity index (χ0n) is 11.3. The Morgan fingerprint density at radius 1 is 1.41 bits per heavy atom. The van der Waals surface area contributed by atoms with Gasteiger partial charge in [-0.05, 0) is 38.5 Å². The highest BCUT2D eigenvalue weighted by molar-refractivity contribution is 5.76. The first-order valence-corrected chi connectivity index (χ1v) is 6.54. The second-order valence-electron chi connectivity index (χ2n) is 5.29. The number of hydrogen-bond donors (Lipinski definition) is 1. The first-order valence-electron chi connectivity index (χ1n) is 6.54. The number of nitrogens with two attached hydrogens (primary N) is 1. The number of carbonyl (C=O) groups excluding carboxylic acids is 1. The van der Waals surface area contributed by atoms with Crippen molar-refractivity contribution >= 4 is 5.91 Å². The standard InChI is InChI=1S/C13H26N2O2/c1-10(9-17-3)15(2)13(16)8-11-4-6-12(14)7-5-11/h10-12H,4-9,14H2,1-3H3. The molecule has 0 aromatic rings. The van der Waals surface area contributed by atoms with Crippen LogP contribution >= 0.6 is 0 Å². The van der Waals surface area contributed by atoms with Gasteiger partial charge in [-0.1, -0.05) is 0 Å². The largest absolute Gasteiger partial charge is 0.383 e. The Balaban J connectivity index is 2.33. The van der Waals surface area contributed by atoms with E-state index in [1.165, 1.54) is 0 Å². The lowest BCUT2D eigenvalue weighted by Crippen LogP contribution is -2.39. The summed E-state index contributed by atoms with van der Waals surface area (Å²) >= 11 is 0. The van der Waals surface area contributed by atoms with Crippen molar-refractivity contribution in [3.63, 3.8) is 0 Å². The molecule has 1 saturated carbocycles. The lowest BCUT2D eigenvalue weighted by atomic mass is 9.84. The van der Waals surface area contributed by atoms with E-state index in [1.54, 1.807) is 12.0 Å². The molecule has 1 amide bonds. The maximum Gasteiger partial charge on any atom is 0.222 e. The molecule has 0 radical (unpaired) electrons. The summed E-state index contributed by atoms with van der Waals surface area (Å²) in [6.07, 6.45) is 4.99. The minimum atomic E-state index is 0.151. The maximum atomic E-state index is 12.0. The second-order valence-corrected chi connectivity index (χ2v) is 5.29. The fourth-order valence-electron chi connectivity index (χ4n) is 2.38. The van der Waals surface area contributed by atoms with E-state index in [0.717, 1.165) is 25.7 Å². The zero-order valence-corrected chi connectivity index (χ0v) is 11.3. The van der Waals surface area contributed by atoms with E-state index in [9.17, 15) is 4.79 Å². The first kappa shape index (κ1) is 14.5. The van der Waals surface area contributed by atoms with Crippen molar-refractivity contribution in [3.8, 4) is 0 Å². The monoisotopic (exact) mass is 242 g/mol. The number of methoxy groups -OCH3 is 1. The predicted molar refractivity (Wildman–Crippen MR) is 68.7 cm³/mol. The van der Waals surface area contributed by atoms with Crippen LogP contribution in [0.5, 0.6) is 0 Å². The van der Waals surface area contributed by atoms with Gasteiger partial charge in [0, 0.05) is 26.6 Å². The van der Waals surface area contributed by atoms with E-state index in [1.807, 2.05) is 14.0 Å². The molecule has 1 fully saturated rings. The number of amides is 1. The van der Waals surface area contributed by atoms with Crippen LogP contribution < -0.4 is 5.73 Å². The Morgan fingerprint density at radius 2 is 2.00 bits per heavy atom. The van der Waals surface area contributed by atoms with E-state index in [-0.39, 0.29) is 11.9 Å². The molecule has 0 saturated heterocycles. The highest BCUT2D eigenvalue weighted by Crippen LogP contribution is 2.26. The van der Waals surface area contributed by atoms with Gasteiger partial charge in [-0.25, -0.2) is 0 Å². The Labute approximate surface area is 104 Å². The summed E-state index contributed by atoms with van der Waals surface area (Å²) in [5, 5.41) is 0. The van der Waals surface area contributed by atoms with Crippen LogP contribution in [0.4, 0.5) is 0 Å². The lowest BCUT2D eigenvalue weighted by Gasteiger charge is -2.29. The van der Waals surface area contributed by atoms with Gasteiger partial charge >= 0.3 is 0 Å². The number of likely N-dealkylation sites (N-methyl/N-ethyl adjacent to an activating group) is 1. The van der Waals surface area contributed by atoms with Gasteiger partial charge in [-0.15, -0.1) is 0 Å². The molecule has 0 heterocycles. The van der Waals surface area contributed by atoms with Gasteiger partial charge in [0.25, 0.3) is 0 Å². The van der Waals surface area contributed by atoms with Gasteiger partial charge < -0.3 is 15.4 Å². The molecule has 1 aliphatic rings. The molecule has 1 aliphatic carbocycles. The summed E-state index contributed by atoms with van der Waals surface area (Å²) in [6.45, 7) is 2.61. The fraction of sp³-hybridized carbons (Fsp3) is 0.923. The van der Waals surface area contributed by atoms with E-state index in [0.29, 0.717) is 25.0 Å². The van der Waals surface area contributed by atoms with Crippen LogP contribution in [0.3, 0.4) is 0 Å². The van der Waals surface area contributed by atoms with Crippen molar-refractivity contribution in [1.82, 2.24) is 4.90 Å². The molecule has 100 valence electrons. The molecular formula is C13H26N2O2. The van der Waals surface area contributed by atoms with Crippen molar-refractivity contribution in [1.29, 1.82) is 0 Å². The van der Waals surface area contributed by atoms with Gasteiger partial charge in [0.15, 0.2) is 0 Å². The summed E-state index contributed by atoms with van der Waals surface area (Å²) in [4.78, 5) is 13.9. The number of ether oxygens (including phenoxy) is 1. The molecule has 0 aliphatic heterocycles. The van der Waals surface area contributed by atoms with Crippen LogP contribution in [0.25, 0.3) is 0 Å². The van der Waals surface area contributed by atoms with Crippen molar-refractivity contribution in [3.05, 3.63) is 0 Å². The van der Waals surface area contributed by atoms with Crippen molar-refractivity contribution in [2.24, 2.45) is 11.7 Å². The Bertz CT molecular complexity index is 238. The van der Waals surface area contributed by atoms with E-state index in [4.69, 9.17) is 10.5 Å². The highest BCUT2D eigenvalue weighted by Gasteiger charge is 2.23. The predicted octanol–water partition coefficient (Wildman–Crippen LogP) is 1.39. The van der Waals surface area contributed by atoms with Crippen LogP contribution in [0.1, 0.15) is 39.0 Å². The molecule has 1 unspecified atom stereocenters. The average Bonchev–Trinajstić information content (AvgIpc) is 2.31. The average molecular weight is 242 g/mol. The number of rotatable bonds is 5. The zero-order chi connectivity index (χ0) is 12.8. The molecule has 1 rings (SSSR count). The summed E-state index contributed by atoms with van der Waals surface area (Å²) in [5.74, 6) is 0.759. The van der Waals surface area contributed by atoms with Crippen LogP contribution in [0.15, 0.2) is 0 Å². The lowest BCUT2D eigenvalue weighted by molar-refractivity contribution is -0.133.